The van der Waals surface area contributed by atoms with Crippen LogP contribution in [0.4, 0.5) is 0 Å². The first-order chi connectivity index (χ1) is 16.5. The Bertz CT molecular complexity index is 1940. The molecular weight excluding hydrogens is 414 g/mol. The predicted octanol–water partition coefficient (Wildman–Crippen LogP) is 7.93. The van der Waals surface area contributed by atoms with Gasteiger partial charge in [0.05, 0.1) is 22.2 Å². The summed E-state index contributed by atoms with van der Waals surface area (Å²) in [7, 11) is 0. The number of pyridine rings is 2. The van der Waals surface area contributed by atoms with Gasteiger partial charge < -0.3 is 0 Å². The summed E-state index contributed by atoms with van der Waals surface area (Å²) in [4.78, 5) is 5.10. The van der Waals surface area contributed by atoms with Gasteiger partial charge in [-0.25, -0.2) is 9.50 Å². The Labute approximate surface area is 197 Å². The fourth-order valence-electron chi connectivity index (χ4n) is 5.26. The zero-order chi connectivity index (χ0) is 23.0. The summed E-state index contributed by atoms with van der Waals surface area (Å²) < 4.78 is 2.10. The van der Waals surface area contributed by atoms with Crippen LogP contribution in [0.5, 0.6) is 0 Å². The van der Waals surface area contributed by atoms with Crippen molar-refractivity contribution >= 4 is 49.0 Å². The third kappa shape index (κ3) is 2.77. The minimum absolute atomic E-state index is 0.955. The molecule has 0 saturated carbocycles. The minimum Gasteiger partial charge on any atom is -0.248 e. The predicted molar refractivity (Wildman–Crippen MR) is 143 cm³/mol. The van der Waals surface area contributed by atoms with Crippen molar-refractivity contribution in [2.45, 2.75) is 20.8 Å². The first-order valence-corrected chi connectivity index (χ1v) is 11.7. The van der Waals surface area contributed by atoms with Crippen molar-refractivity contribution < 1.29 is 0 Å². The Morgan fingerprint density at radius 1 is 0.618 bits per heavy atom. The fourth-order valence-corrected chi connectivity index (χ4v) is 5.26. The van der Waals surface area contributed by atoms with E-state index in [4.69, 9.17) is 10.1 Å². The molecule has 0 spiro atoms. The van der Waals surface area contributed by atoms with Crippen molar-refractivity contribution in [3.05, 3.63) is 102 Å². The molecule has 0 aliphatic heterocycles. The van der Waals surface area contributed by atoms with Crippen LogP contribution in [0, 0.1) is 20.8 Å². The number of aromatic nitrogens is 3. The van der Waals surface area contributed by atoms with Crippen LogP contribution in [-0.2, 0) is 0 Å². The van der Waals surface area contributed by atoms with Gasteiger partial charge in [0.25, 0.3) is 0 Å². The van der Waals surface area contributed by atoms with Crippen molar-refractivity contribution in [3.8, 4) is 11.3 Å². The van der Waals surface area contributed by atoms with Crippen LogP contribution >= 0.6 is 0 Å². The highest BCUT2D eigenvalue weighted by Gasteiger charge is 2.16. The Morgan fingerprint density at radius 3 is 2.26 bits per heavy atom. The SMILES string of the molecule is Cc1ccc2c(c1)c(C)cc1c3cc(C)cc(-c4ccc5cc6ccccc6cc5n4)c3nn21. The Balaban J connectivity index is 1.54. The quantitative estimate of drug-likeness (QED) is 0.244. The molecule has 0 aliphatic rings. The van der Waals surface area contributed by atoms with Gasteiger partial charge in [0.1, 0.15) is 5.52 Å². The second-order valence-corrected chi connectivity index (χ2v) is 9.44. The molecule has 0 radical (unpaired) electrons. The largest absolute Gasteiger partial charge is 0.248 e. The van der Waals surface area contributed by atoms with Gasteiger partial charge in [-0.05, 0) is 91.2 Å². The third-order valence-corrected chi connectivity index (χ3v) is 6.95. The lowest BCUT2D eigenvalue weighted by molar-refractivity contribution is 1.02. The molecule has 3 heteroatoms. The van der Waals surface area contributed by atoms with Gasteiger partial charge in [0.15, 0.2) is 0 Å². The lowest BCUT2D eigenvalue weighted by atomic mass is 10.0. The number of nitrogens with zero attached hydrogens (tertiary/aromatic N) is 3. The van der Waals surface area contributed by atoms with Crippen molar-refractivity contribution in [1.82, 2.24) is 14.6 Å². The van der Waals surface area contributed by atoms with Crippen molar-refractivity contribution in [2.75, 3.05) is 0 Å². The molecule has 0 saturated heterocycles. The first kappa shape index (κ1) is 19.2. The summed E-state index contributed by atoms with van der Waals surface area (Å²) in [5, 5.41) is 11.1. The number of hydrogen-bond acceptors (Lipinski definition) is 2. The summed E-state index contributed by atoms with van der Waals surface area (Å²) in [6.45, 7) is 6.48. The molecule has 0 unspecified atom stereocenters. The maximum atomic E-state index is 5.14. The number of benzene rings is 4. The second-order valence-electron chi connectivity index (χ2n) is 9.44. The normalized spacial score (nSPS) is 12.0. The molecule has 0 bridgehead atoms. The summed E-state index contributed by atoms with van der Waals surface area (Å²) >= 11 is 0. The van der Waals surface area contributed by atoms with Crippen LogP contribution in [0.15, 0.2) is 84.9 Å². The van der Waals surface area contributed by atoms with E-state index in [-0.39, 0.29) is 0 Å². The maximum absolute atomic E-state index is 5.14. The van der Waals surface area contributed by atoms with Gasteiger partial charge in [-0.3, -0.25) is 0 Å². The average molecular weight is 438 g/mol. The summed E-state index contributed by atoms with van der Waals surface area (Å²) in [5.41, 5.74) is 10.0. The van der Waals surface area contributed by atoms with Gasteiger partial charge >= 0.3 is 0 Å². The zero-order valence-electron chi connectivity index (χ0n) is 19.4. The molecule has 3 nitrogen and oxygen atoms in total. The smallest absolute Gasteiger partial charge is 0.103 e. The number of aryl methyl sites for hydroxylation is 3. The summed E-state index contributed by atoms with van der Waals surface area (Å²) in [6, 6.07) is 30.5. The number of rotatable bonds is 1. The van der Waals surface area contributed by atoms with E-state index in [1.54, 1.807) is 0 Å². The number of fused-ring (bicyclic) bond motifs is 7. The monoisotopic (exact) mass is 437 g/mol. The number of hydrogen-bond donors (Lipinski definition) is 0. The highest BCUT2D eigenvalue weighted by Crippen LogP contribution is 2.34. The second kappa shape index (κ2) is 6.88. The highest BCUT2D eigenvalue weighted by molar-refractivity contribution is 6.06. The van der Waals surface area contributed by atoms with Crippen LogP contribution < -0.4 is 0 Å². The molecule has 3 aromatic heterocycles. The minimum atomic E-state index is 0.955. The van der Waals surface area contributed by atoms with E-state index in [1.165, 1.54) is 38.2 Å². The lowest BCUT2D eigenvalue weighted by Crippen LogP contribution is -1.93. The molecule has 0 fully saturated rings. The van der Waals surface area contributed by atoms with E-state index in [0.717, 1.165) is 38.7 Å². The van der Waals surface area contributed by atoms with Crippen LogP contribution in [0.3, 0.4) is 0 Å². The molecule has 162 valence electrons. The van der Waals surface area contributed by atoms with Gasteiger partial charge in [-0.15, -0.1) is 0 Å². The van der Waals surface area contributed by atoms with E-state index >= 15 is 0 Å². The Kier molecular flexibility index (Phi) is 3.89. The lowest BCUT2D eigenvalue weighted by Gasteiger charge is -2.07. The molecule has 7 aromatic rings. The molecule has 34 heavy (non-hydrogen) atoms. The van der Waals surface area contributed by atoms with E-state index < -0.39 is 0 Å². The van der Waals surface area contributed by atoms with Gasteiger partial charge in [-0.1, -0.05) is 42.0 Å². The van der Waals surface area contributed by atoms with Crippen LogP contribution in [0.2, 0.25) is 0 Å². The summed E-state index contributed by atoms with van der Waals surface area (Å²) in [6.07, 6.45) is 0. The average Bonchev–Trinajstić information content (AvgIpc) is 3.20. The fraction of sp³-hybridized carbons (Fsp3) is 0.0968. The van der Waals surface area contributed by atoms with Crippen molar-refractivity contribution in [1.29, 1.82) is 0 Å². The molecule has 4 aromatic carbocycles. The molecule has 0 N–H and O–H groups in total. The van der Waals surface area contributed by atoms with E-state index in [2.05, 4.69) is 110 Å². The summed E-state index contributed by atoms with van der Waals surface area (Å²) in [5.74, 6) is 0. The van der Waals surface area contributed by atoms with Gasteiger partial charge in [0, 0.05) is 21.7 Å². The van der Waals surface area contributed by atoms with Gasteiger partial charge in [0.2, 0.25) is 0 Å². The van der Waals surface area contributed by atoms with E-state index in [0.29, 0.717) is 0 Å². The Hall–Kier alpha value is -4.24. The topological polar surface area (TPSA) is 30.2 Å². The van der Waals surface area contributed by atoms with Crippen molar-refractivity contribution in [3.63, 3.8) is 0 Å². The molecule has 0 atom stereocenters. The molecule has 0 amide bonds. The van der Waals surface area contributed by atoms with Crippen LogP contribution in [0.25, 0.3) is 60.3 Å². The maximum Gasteiger partial charge on any atom is 0.103 e. The van der Waals surface area contributed by atoms with Crippen molar-refractivity contribution in [2.24, 2.45) is 0 Å². The van der Waals surface area contributed by atoms with Gasteiger partial charge in [-0.2, -0.15) is 5.10 Å². The molecule has 3 heterocycles. The standard InChI is InChI=1S/C31H23N3/c1-18-8-11-29-24(12-18)20(3)15-30-26-14-19(2)13-25(31(26)33-34(29)30)27-10-9-23-16-21-6-4-5-7-22(21)17-28(23)32-27/h4-17H,1-3H3. The Morgan fingerprint density at radius 2 is 1.41 bits per heavy atom. The van der Waals surface area contributed by atoms with Crippen LogP contribution in [0.1, 0.15) is 16.7 Å². The molecular formula is C31H23N3. The third-order valence-electron chi connectivity index (χ3n) is 6.95. The van der Waals surface area contributed by atoms with Crippen LogP contribution in [-0.4, -0.2) is 14.6 Å². The van der Waals surface area contributed by atoms with E-state index in [1.807, 2.05) is 0 Å². The molecule has 0 aliphatic carbocycles. The highest BCUT2D eigenvalue weighted by atomic mass is 15.2. The molecule has 7 rings (SSSR count). The zero-order valence-corrected chi connectivity index (χ0v) is 19.4. The van der Waals surface area contributed by atoms with E-state index in [9.17, 15) is 0 Å². The first-order valence-electron chi connectivity index (χ1n) is 11.7.